The van der Waals surface area contributed by atoms with Crippen LogP contribution in [-0.4, -0.2) is 99.2 Å². The summed E-state index contributed by atoms with van der Waals surface area (Å²) in [6, 6.07) is 7.08. The Labute approximate surface area is 251 Å². The Balaban J connectivity index is 4.49. The van der Waals surface area contributed by atoms with Gasteiger partial charge in [0.1, 0.15) is 0 Å². The largest absolute Gasteiger partial charge is 0.500 e. The first-order valence-corrected chi connectivity index (χ1v) is 23.5. The summed E-state index contributed by atoms with van der Waals surface area (Å²) in [6.45, 7) is 0. The molecule has 0 fully saturated rings. The molecule has 9 nitrogen and oxygen atoms in total. The van der Waals surface area contributed by atoms with Gasteiger partial charge in [0.15, 0.2) is 0 Å². The van der Waals surface area contributed by atoms with Crippen molar-refractivity contribution in [1.82, 2.24) is 0 Å². The van der Waals surface area contributed by atoms with Gasteiger partial charge in [-0.1, -0.05) is 75.9 Å². The molecule has 0 spiro atoms. The smallest absolute Gasteiger partial charge is 0.377 e. The fourth-order valence-electron chi connectivity index (χ4n) is 5.49. The molecule has 0 radical (unpaired) electrons. The lowest BCUT2D eigenvalue weighted by atomic mass is 10.2. The lowest BCUT2D eigenvalue weighted by Crippen LogP contribution is -2.42. The first-order valence-electron chi connectivity index (χ1n) is 15.3. The van der Waals surface area contributed by atoms with Gasteiger partial charge < -0.3 is 39.8 Å². The van der Waals surface area contributed by atoms with Crippen molar-refractivity contribution >= 4 is 35.2 Å². The number of hydrogen-bond donors (Lipinski definition) is 0. The predicted octanol–water partition coefficient (Wildman–Crippen LogP) is 6.53. The standard InChI is InChI=1S/C27H64O9Si4/c1-28-38(29-2,30-3)25-19-13-10-16-22-37(23-17-11-14-20-26-39(31-4,32-5)33-6)24-18-12-15-21-27-40(34-7,35-8)36-9/h37H,10-27H2,1-9H3. The third-order valence-electron chi connectivity index (χ3n) is 8.34. The molecule has 0 atom stereocenters. The maximum absolute atomic E-state index is 5.56. The van der Waals surface area contributed by atoms with Crippen LogP contribution in [-0.2, 0) is 39.8 Å². The van der Waals surface area contributed by atoms with Crippen LogP contribution in [0.1, 0.15) is 77.0 Å². The van der Waals surface area contributed by atoms with E-state index in [1.807, 2.05) is 0 Å². The van der Waals surface area contributed by atoms with Crippen molar-refractivity contribution in [2.75, 3.05) is 64.0 Å². The van der Waals surface area contributed by atoms with Crippen molar-refractivity contribution in [2.24, 2.45) is 0 Å². The van der Waals surface area contributed by atoms with Crippen LogP contribution in [0.25, 0.3) is 0 Å². The number of rotatable bonds is 30. The molecular weight excluding hydrogens is 581 g/mol. The highest BCUT2D eigenvalue weighted by Gasteiger charge is 2.38. The summed E-state index contributed by atoms with van der Waals surface area (Å²) in [5.41, 5.74) is 0. The minimum atomic E-state index is -2.43. The molecule has 0 aliphatic carbocycles. The van der Waals surface area contributed by atoms with E-state index in [2.05, 4.69) is 0 Å². The Kier molecular flexibility index (Phi) is 25.2. The van der Waals surface area contributed by atoms with Crippen LogP contribution in [0.5, 0.6) is 0 Å². The van der Waals surface area contributed by atoms with Gasteiger partial charge >= 0.3 is 26.4 Å². The summed E-state index contributed by atoms with van der Waals surface area (Å²) >= 11 is 0. The minimum absolute atomic E-state index is 0.740. The quantitative estimate of drug-likeness (QED) is 0.0640. The van der Waals surface area contributed by atoms with Gasteiger partial charge in [0.25, 0.3) is 0 Å². The maximum Gasteiger partial charge on any atom is 0.500 e. The van der Waals surface area contributed by atoms with Gasteiger partial charge in [0, 0.05) is 90.9 Å². The van der Waals surface area contributed by atoms with E-state index in [4.69, 9.17) is 39.8 Å². The molecule has 0 aromatic carbocycles. The summed E-state index contributed by atoms with van der Waals surface area (Å²) in [5, 5.41) is 0. The monoisotopic (exact) mass is 644 g/mol. The van der Waals surface area contributed by atoms with Crippen LogP contribution in [0.2, 0.25) is 36.3 Å². The van der Waals surface area contributed by atoms with E-state index in [1.165, 1.54) is 75.9 Å². The molecule has 0 saturated heterocycles. The van der Waals surface area contributed by atoms with E-state index in [0.717, 1.165) is 37.4 Å². The van der Waals surface area contributed by atoms with E-state index in [1.54, 1.807) is 64.0 Å². The van der Waals surface area contributed by atoms with Crippen LogP contribution in [0.3, 0.4) is 0 Å². The fourth-order valence-corrected chi connectivity index (χ4v) is 14.3. The molecule has 0 bridgehead atoms. The van der Waals surface area contributed by atoms with Crippen LogP contribution in [0.4, 0.5) is 0 Å². The van der Waals surface area contributed by atoms with E-state index in [-0.39, 0.29) is 0 Å². The second-order valence-electron chi connectivity index (χ2n) is 10.6. The highest BCUT2D eigenvalue weighted by Crippen LogP contribution is 2.24. The van der Waals surface area contributed by atoms with Crippen LogP contribution in [0, 0.1) is 0 Å². The maximum atomic E-state index is 5.56. The van der Waals surface area contributed by atoms with E-state index in [0.29, 0.717) is 0 Å². The van der Waals surface area contributed by atoms with E-state index >= 15 is 0 Å². The molecule has 0 heterocycles. The zero-order valence-corrected chi connectivity index (χ0v) is 31.6. The first kappa shape index (κ1) is 40.5. The zero-order chi connectivity index (χ0) is 30.2. The fraction of sp³-hybridized carbons (Fsp3) is 1.00. The van der Waals surface area contributed by atoms with Gasteiger partial charge in [-0.2, -0.15) is 0 Å². The first-order chi connectivity index (χ1) is 19.3. The summed E-state index contributed by atoms with van der Waals surface area (Å²) in [7, 11) is 7.27. The molecule has 0 aromatic heterocycles. The average Bonchev–Trinajstić information content (AvgIpc) is 3.00. The van der Waals surface area contributed by atoms with Gasteiger partial charge in [0.2, 0.25) is 0 Å². The molecule has 0 aliphatic rings. The van der Waals surface area contributed by atoms with Crippen LogP contribution in [0.15, 0.2) is 0 Å². The average molecular weight is 645 g/mol. The topological polar surface area (TPSA) is 83.1 Å². The normalized spacial score (nSPS) is 13.1. The lowest BCUT2D eigenvalue weighted by molar-refractivity contribution is 0.122. The van der Waals surface area contributed by atoms with E-state index < -0.39 is 35.2 Å². The Morgan fingerprint density at radius 1 is 0.300 bits per heavy atom. The summed E-state index contributed by atoms with van der Waals surface area (Å²) < 4.78 is 50.1. The molecule has 13 heteroatoms. The van der Waals surface area contributed by atoms with Crippen molar-refractivity contribution in [2.45, 2.75) is 113 Å². The Hall–Kier alpha value is 0.508. The van der Waals surface area contributed by atoms with Crippen molar-refractivity contribution in [3.8, 4) is 0 Å². The molecular formula is C27H64O9Si4. The second kappa shape index (κ2) is 24.9. The summed E-state index contributed by atoms with van der Waals surface area (Å²) in [6.07, 6.45) is 14.9. The van der Waals surface area contributed by atoms with Gasteiger partial charge in [-0.3, -0.25) is 0 Å². The molecule has 0 amide bonds. The van der Waals surface area contributed by atoms with Crippen molar-refractivity contribution in [3.63, 3.8) is 0 Å². The van der Waals surface area contributed by atoms with Crippen LogP contribution >= 0.6 is 0 Å². The predicted molar refractivity (Wildman–Crippen MR) is 172 cm³/mol. The molecule has 0 saturated carbocycles. The Bertz CT molecular complexity index is 465. The van der Waals surface area contributed by atoms with Crippen molar-refractivity contribution in [3.05, 3.63) is 0 Å². The number of hydrogen-bond acceptors (Lipinski definition) is 9. The SMILES string of the molecule is CO[Si](CCCCCC[SiH](CCCCCC[Si](OC)(OC)OC)CCCCCC[Si](OC)(OC)OC)(OC)OC. The van der Waals surface area contributed by atoms with Crippen molar-refractivity contribution < 1.29 is 39.8 Å². The molecule has 0 unspecified atom stereocenters. The van der Waals surface area contributed by atoms with E-state index in [9.17, 15) is 0 Å². The zero-order valence-electron chi connectivity index (χ0n) is 27.5. The number of unbranched alkanes of at least 4 members (excludes halogenated alkanes) is 9. The Morgan fingerprint density at radius 2 is 0.500 bits per heavy atom. The Morgan fingerprint density at radius 3 is 0.700 bits per heavy atom. The summed E-state index contributed by atoms with van der Waals surface area (Å²) in [5.74, 6) is 0. The molecule has 0 aliphatic heterocycles. The van der Waals surface area contributed by atoms with Gasteiger partial charge in [0.05, 0.1) is 0 Å². The highest BCUT2D eigenvalue weighted by atomic mass is 28.4. The molecule has 0 N–H and O–H groups in total. The molecule has 0 rings (SSSR count). The highest BCUT2D eigenvalue weighted by molar-refractivity contribution is 6.61. The minimum Gasteiger partial charge on any atom is -0.377 e. The molecule has 40 heavy (non-hydrogen) atoms. The molecule has 0 aromatic rings. The van der Waals surface area contributed by atoms with Gasteiger partial charge in [-0.25, -0.2) is 0 Å². The molecule has 242 valence electrons. The van der Waals surface area contributed by atoms with Gasteiger partial charge in [-0.15, -0.1) is 0 Å². The third-order valence-corrected chi connectivity index (χ3v) is 20.5. The third kappa shape index (κ3) is 16.4. The second-order valence-corrected chi connectivity index (χ2v) is 23.3. The van der Waals surface area contributed by atoms with Crippen molar-refractivity contribution in [1.29, 1.82) is 0 Å². The van der Waals surface area contributed by atoms with Gasteiger partial charge in [-0.05, 0) is 19.3 Å². The lowest BCUT2D eigenvalue weighted by Gasteiger charge is -2.24. The summed E-state index contributed by atoms with van der Waals surface area (Å²) in [4.78, 5) is 0. The van der Waals surface area contributed by atoms with Crippen LogP contribution < -0.4 is 0 Å².